The fraction of sp³-hybridized carbons (Fsp3) is 0.300. The molecule has 1 unspecified atom stereocenters. The Bertz CT molecular complexity index is 739. The summed E-state index contributed by atoms with van der Waals surface area (Å²) >= 11 is 0. The summed E-state index contributed by atoms with van der Waals surface area (Å²) in [6, 6.07) is 0.815. The van der Waals surface area contributed by atoms with Crippen LogP contribution < -0.4 is 4.90 Å². The van der Waals surface area contributed by atoms with Gasteiger partial charge in [0, 0.05) is 29.7 Å². The van der Waals surface area contributed by atoms with E-state index < -0.39 is 61.1 Å². The molecule has 0 N–H and O–H groups in total. The van der Waals surface area contributed by atoms with Crippen LogP contribution in [-0.2, 0) is 13.8 Å². The number of carbonyl (C=O) groups excluding carboxylic acids is 1. The molecular weight excluding hydrogens is 334 g/mol. The maximum Gasteiger partial charge on any atom is 0.296 e. The Morgan fingerprint density at radius 2 is 1.90 bits per heavy atom. The van der Waals surface area contributed by atoms with Crippen LogP contribution in [0.25, 0.3) is 0 Å². The molecule has 1 aliphatic rings. The normalized spacial score (nSPS) is 19.1. The summed E-state index contributed by atoms with van der Waals surface area (Å²) in [5, 5.41) is 9.60. The molecular formula is C10H7ClF2N2O5S. The Morgan fingerprint density at radius 1 is 1.33 bits per heavy atom. The van der Waals surface area contributed by atoms with Gasteiger partial charge in [0.15, 0.2) is 11.6 Å². The van der Waals surface area contributed by atoms with Crippen LogP contribution in [0.2, 0.25) is 0 Å². The Morgan fingerprint density at radius 3 is 2.38 bits per heavy atom. The molecule has 7 nitrogen and oxygen atoms in total. The summed E-state index contributed by atoms with van der Waals surface area (Å²) in [7, 11) is 1.09. The van der Waals surface area contributed by atoms with Gasteiger partial charge < -0.3 is 4.90 Å². The molecule has 1 amide bonds. The molecule has 0 spiro atoms. The van der Waals surface area contributed by atoms with Crippen LogP contribution in [0.15, 0.2) is 12.1 Å². The van der Waals surface area contributed by atoms with Crippen molar-refractivity contribution in [2.75, 3.05) is 11.4 Å². The standard InChI is InChI=1S/C10H7ClF2N2O5S/c11-21(19,20)5-1-10(16)14(4-5)8-2-6(12)7(13)3-9(8)15(17)18/h2-3,5H,1,4H2. The molecule has 1 aliphatic heterocycles. The number of nitro groups is 1. The number of hydrogen-bond donors (Lipinski definition) is 0. The van der Waals surface area contributed by atoms with E-state index in [2.05, 4.69) is 0 Å². The smallest absolute Gasteiger partial charge is 0.296 e. The van der Waals surface area contributed by atoms with E-state index in [9.17, 15) is 32.1 Å². The average Bonchev–Trinajstić information content (AvgIpc) is 2.74. The molecule has 1 fully saturated rings. The molecule has 0 bridgehead atoms. The molecule has 1 aromatic rings. The second-order valence-corrected chi connectivity index (χ2v) is 7.23. The number of amides is 1. The van der Waals surface area contributed by atoms with Crippen molar-refractivity contribution in [2.45, 2.75) is 11.7 Å². The lowest BCUT2D eigenvalue weighted by molar-refractivity contribution is -0.384. The van der Waals surface area contributed by atoms with E-state index in [0.717, 1.165) is 0 Å². The minimum absolute atomic E-state index is 0.334. The third kappa shape index (κ3) is 2.95. The average molecular weight is 341 g/mol. The number of rotatable bonds is 3. The van der Waals surface area contributed by atoms with Crippen molar-refractivity contribution in [3.8, 4) is 0 Å². The highest BCUT2D eigenvalue weighted by Gasteiger charge is 2.40. The van der Waals surface area contributed by atoms with Crippen LogP contribution in [0.3, 0.4) is 0 Å². The molecule has 0 saturated carbocycles. The van der Waals surface area contributed by atoms with Crippen molar-refractivity contribution >= 4 is 37.0 Å². The number of halogens is 3. The van der Waals surface area contributed by atoms with Gasteiger partial charge in [-0.25, -0.2) is 17.2 Å². The molecule has 1 saturated heterocycles. The molecule has 2 rings (SSSR count). The van der Waals surface area contributed by atoms with Crippen molar-refractivity contribution in [1.29, 1.82) is 0 Å². The Balaban J connectivity index is 2.50. The third-order valence-corrected chi connectivity index (χ3v) is 4.86. The van der Waals surface area contributed by atoms with E-state index in [-0.39, 0.29) is 0 Å². The third-order valence-electron chi connectivity index (χ3n) is 2.99. The number of nitrogens with zero attached hydrogens (tertiary/aromatic N) is 2. The second kappa shape index (κ2) is 5.19. The largest absolute Gasteiger partial charge is 0.305 e. The van der Waals surface area contributed by atoms with E-state index in [4.69, 9.17) is 10.7 Å². The summed E-state index contributed by atoms with van der Waals surface area (Å²) in [5.74, 6) is -3.61. The Hall–Kier alpha value is -1.81. The molecule has 11 heteroatoms. The topological polar surface area (TPSA) is 97.6 Å². The summed E-state index contributed by atoms with van der Waals surface area (Å²) in [5.41, 5.74) is -1.35. The van der Waals surface area contributed by atoms with Crippen molar-refractivity contribution < 1.29 is 26.9 Å². The van der Waals surface area contributed by atoms with Crippen LogP contribution in [-0.4, -0.2) is 31.0 Å². The predicted molar refractivity (Wildman–Crippen MR) is 68.5 cm³/mol. The molecule has 0 radical (unpaired) electrons. The van der Waals surface area contributed by atoms with Gasteiger partial charge >= 0.3 is 0 Å². The summed E-state index contributed by atoms with van der Waals surface area (Å²) < 4.78 is 48.8. The molecule has 1 aromatic carbocycles. The van der Waals surface area contributed by atoms with Crippen molar-refractivity contribution in [3.05, 3.63) is 33.9 Å². The quantitative estimate of drug-likeness (QED) is 0.472. The van der Waals surface area contributed by atoms with Gasteiger partial charge in [0.25, 0.3) is 5.69 Å². The van der Waals surface area contributed by atoms with Crippen LogP contribution in [0.1, 0.15) is 6.42 Å². The fourth-order valence-electron chi connectivity index (χ4n) is 1.98. The van der Waals surface area contributed by atoms with Gasteiger partial charge in [0.1, 0.15) is 10.9 Å². The molecule has 1 atom stereocenters. The maximum atomic E-state index is 13.3. The van der Waals surface area contributed by atoms with Gasteiger partial charge in [-0.2, -0.15) is 0 Å². The molecule has 21 heavy (non-hydrogen) atoms. The minimum atomic E-state index is -4.06. The monoisotopic (exact) mass is 340 g/mol. The highest BCUT2D eigenvalue weighted by atomic mass is 35.7. The maximum absolute atomic E-state index is 13.3. The first kappa shape index (κ1) is 15.6. The first-order chi connectivity index (χ1) is 9.61. The lowest BCUT2D eigenvalue weighted by Crippen LogP contribution is -2.27. The number of hydrogen-bond acceptors (Lipinski definition) is 5. The molecule has 1 heterocycles. The lowest BCUT2D eigenvalue weighted by Gasteiger charge is -2.16. The number of anilines is 1. The number of nitro benzene ring substituents is 1. The number of benzene rings is 1. The van der Waals surface area contributed by atoms with Crippen LogP contribution in [0, 0.1) is 21.7 Å². The zero-order chi connectivity index (χ0) is 15.9. The van der Waals surface area contributed by atoms with Crippen LogP contribution >= 0.6 is 10.7 Å². The number of carbonyl (C=O) groups is 1. The Labute approximate surface area is 121 Å². The van der Waals surface area contributed by atoms with Gasteiger partial charge in [-0.05, 0) is 0 Å². The first-order valence-electron chi connectivity index (χ1n) is 5.48. The van der Waals surface area contributed by atoms with Crippen molar-refractivity contribution in [2.24, 2.45) is 0 Å². The van der Waals surface area contributed by atoms with Crippen LogP contribution in [0.4, 0.5) is 20.2 Å². The second-order valence-electron chi connectivity index (χ2n) is 4.32. The highest BCUT2D eigenvalue weighted by molar-refractivity contribution is 8.14. The van der Waals surface area contributed by atoms with Gasteiger partial charge in [-0.3, -0.25) is 14.9 Å². The van der Waals surface area contributed by atoms with E-state index in [0.29, 0.717) is 17.0 Å². The summed E-state index contributed by atoms with van der Waals surface area (Å²) in [6.07, 6.45) is -0.484. The predicted octanol–water partition coefficient (Wildman–Crippen LogP) is 1.55. The zero-order valence-corrected chi connectivity index (χ0v) is 11.7. The molecule has 0 aliphatic carbocycles. The van der Waals surface area contributed by atoms with Gasteiger partial charge in [0.05, 0.1) is 11.0 Å². The SMILES string of the molecule is O=C1CC(S(=O)(=O)Cl)CN1c1cc(F)c(F)cc1[N+](=O)[O-]. The lowest BCUT2D eigenvalue weighted by atomic mass is 10.2. The van der Waals surface area contributed by atoms with Gasteiger partial charge in [-0.15, -0.1) is 0 Å². The van der Waals surface area contributed by atoms with E-state index in [1.165, 1.54) is 0 Å². The minimum Gasteiger partial charge on any atom is -0.305 e. The van der Waals surface area contributed by atoms with Crippen molar-refractivity contribution in [3.63, 3.8) is 0 Å². The van der Waals surface area contributed by atoms with Gasteiger partial charge in [0.2, 0.25) is 15.0 Å². The summed E-state index contributed by atoms with van der Waals surface area (Å²) in [4.78, 5) is 22.3. The Kier molecular flexibility index (Phi) is 3.85. The first-order valence-corrected chi connectivity index (χ1v) is 7.85. The molecule has 0 aromatic heterocycles. The highest BCUT2D eigenvalue weighted by Crippen LogP contribution is 2.35. The zero-order valence-electron chi connectivity index (χ0n) is 10.1. The molecule has 114 valence electrons. The fourth-order valence-corrected chi connectivity index (χ4v) is 3.01. The summed E-state index contributed by atoms with van der Waals surface area (Å²) in [6.45, 7) is -0.462. The van der Waals surface area contributed by atoms with E-state index in [1.807, 2.05) is 0 Å². The van der Waals surface area contributed by atoms with Crippen molar-refractivity contribution in [1.82, 2.24) is 0 Å². The van der Waals surface area contributed by atoms with E-state index in [1.54, 1.807) is 0 Å². The van der Waals surface area contributed by atoms with E-state index >= 15 is 0 Å². The van der Waals surface area contributed by atoms with Gasteiger partial charge in [-0.1, -0.05) is 0 Å². The van der Waals surface area contributed by atoms with Crippen LogP contribution in [0.5, 0.6) is 0 Å².